The Balaban J connectivity index is 1.94. The number of rotatable bonds is 5. The van der Waals surface area contributed by atoms with Crippen LogP contribution >= 0.6 is 23.6 Å². The van der Waals surface area contributed by atoms with Crippen LogP contribution in [0.2, 0.25) is 0 Å². The topological polar surface area (TPSA) is 55.1 Å². The van der Waals surface area contributed by atoms with Gasteiger partial charge < -0.3 is 11.1 Å². The quantitative estimate of drug-likeness (QED) is 0.649. The number of hydrogen-bond donors (Lipinski definition) is 2. The minimum absolute atomic E-state index is 0.0297. The molecule has 5 heteroatoms. The van der Waals surface area contributed by atoms with E-state index in [1.165, 1.54) is 18.4 Å². The maximum atomic E-state index is 12.6. The maximum absolute atomic E-state index is 12.6. The molecule has 3 N–H and O–H groups in total. The monoisotopic (exact) mass is 310 g/mol. The Labute approximate surface area is 129 Å². The van der Waals surface area contributed by atoms with Gasteiger partial charge in [0.1, 0.15) is 0 Å². The highest BCUT2D eigenvalue weighted by Gasteiger charge is 2.41. The number of hydrogen-bond acceptors (Lipinski definition) is 3. The summed E-state index contributed by atoms with van der Waals surface area (Å²) in [5.74, 6) is 0.0297. The van der Waals surface area contributed by atoms with Crippen molar-refractivity contribution in [2.45, 2.75) is 44.9 Å². The molecule has 1 amide bonds. The van der Waals surface area contributed by atoms with E-state index in [0.29, 0.717) is 11.5 Å². The van der Waals surface area contributed by atoms with Crippen molar-refractivity contribution in [2.24, 2.45) is 11.1 Å². The van der Waals surface area contributed by atoms with Crippen molar-refractivity contribution in [3.05, 3.63) is 22.4 Å². The number of carbonyl (C=O) groups is 1. The van der Waals surface area contributed by atoms with Crippen LogP contribution in [0.4, 0.5) is 0 Å². The van der Waals surface area contributed by atoms with E-state index in [0.717, 1.165) is 32.1 Å². The first kappa shape index (κ1) is 15.4. The Hall–Kier alpha value is -0.940. The second-order valence-corrected chi connectivity index (χ2v) is 6.72. The van der Waals surface area contributed by atoms with Gasteiger partial charge in [0, 0.05) is 6.54 Å². The average molecular weight is 310 g/mol. The molecule has 0 aliphatic heterocycles. The van der Waals surface area contributed by atoms with E-state index < -0.39 is 5.41 Å². The van der Waals surface area contributed by atoms with Gasteiger partial charge >= 0.3 is 0 Å². The second-order valence-electron chi connectivity index (χ2n) is 5.50. The lowest BCUT2D eigenvalue weighted by atomic mass is 9.79. The van der Waals surface area contributed by atoms with Crippen molar-refractivity contribution in [3.8, 4) is 0 Å². The lowest BCUT2D eigenvalue weighted by molar-refractivity contribution is -0.128. The highest BCUT2D eigenvalue weighted by Crippen LogP contribution is 2.35. The molecule has 1 heterocycles. The molecule has 20 heavy (non-hydrogen) atoms. The van der Waals surface area contributed by atoms with E-state index in [1.54, 1.807) is 11.3 Å². The molecular formula is C15H22N2OS2. The zero-order valence-electron chi connectivity index (χ0n) is 11.7. The molecule has 0 radical (unpaired) electrons. The molecule has 1 aliphatic rings. The van der Waals surface area contributed by atoms with E-state index in [2.05, 4.69) is 22.1 Å². The van der Waals surface area contributed by atoms with Crippen molar-refractivity contribution < 1.29 is 4.79 Å². The molecule has 0 aromatic carbocycles. The lowest BCUT2D eigenvalue weighted by Crippen LogP contribution is -2.49. The number of nitrogens with one attached hydrogen (secondary N) is 1. The number of amides is 1. The molecule has 3 nitrogen and oxygen atoms in total. The Morgan fingerprint density at radius 3 is 2.60 bits per heavy atom. The van der Waals surface area contributed by atoms with Gasteiger partial charge in [-0.1, -0.05) is 37.9 Å². The van der Waals surface area contributed by atoms with Gasteiger partial charge in [-0.05, 0) is 41.7 Å². The lowest BCUT2D eigenvalue weighted by Gasteiger charge is -2.30. The molecule has 1 aromatic heterocycles. The van der Waals surface area contributed by atoms with Gasteiger partial charge in [0.15, 0.2) is 0 Å². The smallest absolute Gasteiger partial charge is 0.233 e. The van der Waals surface area contributed by atoms with Crippen LogP contribution < -0.4 is 11.1 Å². The second kappa shape index (κ2) is 7.18. The standard InChI is InChI=1S/C15H22N2OS2/c16-13(19)15(7-3-1-2-4-8-15)14(18)17-9-5-12-6-10-20-11-12/h6,10-11H,1-5,7-9H2,(H2,16,19)(H,17,18). The summed E-state index contributed by atoms with van der Waals surface area (Å²) in [6.07, 6.45) is 6.88. The molecule has 0 bridgehead atoms. The van der Waals surface area contributed by atoms with Crippen molar-refractivity contribution in [1.82, 2.24) is 5.32 Å². The molecule has 0 spiro atoms. The van der Waals surface area contributed by atoms with Crippen molar-refractivity contribution in [3.63, 3.8) is 0 Å². The minimum Gasteiger partial charge on any atom is -0.392 e. The fourth-order valence-electron chi connectivity index (χ4n) is 2.84. The summed E-state index contributed by atoms with van der Waals surface area (Å²) in [6.45, 7) is 0.653. The Morgan fingerprint density at radius 1 is 1.35 bits per heavy atom. The predicted octanol–water partition coefficient (Wildman–Crippen LogP) is 3.03. The van der Waals surface area contributed by atoms with Gasteiger partial charge in [0.05, 0.1) is 10.4 Å². The van der Waals surface area contributed by atoms with Gasteiger partial charge in [-0.3, -0.25) is 4.79 Å². The van der Waals surface area contributed by atoms with Gasteiger partial charge in [-0.2, -0.15) is 11.3 Å². The molecular weight excluding hydrogens is 288 g/mol. The van der Waals surface area contributed by atoms with Crippen LogP contribution in [0.5, 0.6) is 0 Å². The molecule has 110 valence electrons. The molecule has 0 unspecified atom stereocenters. The number of nitrogens with two attached hydrogens (primary N) is 1. The summed E-state index contributed by atoms with van der Waals surface area (Å²) < 4.78 is 0. The minimum atomic E-state index is -0.611. The number of thiocarbonyl (C=S) groups is 1. The van der Waals surface area contributed by atoms with E-state index in [-0.39, 0.29) is 5.91 Å². The van der Waals surface area contributed by atoms with Crippen LogP contribution in [-0.2, 0) is 11.2 Å². The maximum Gasteiger partial charge on any atom is 0.233 e. The van der Waals surface area contributed by atoms with Crippen molar-refractivity contribution >= 4 is 34.5 Å². The normalized spacial score (nSPS) is 18.2. The van der Waals surface area contributed by atoms with Crippen molar-refractivity contribution in [1.29, 1.82) is 0 Å². The van der Waals surface area contributed by atoms with Gasteiger partial charge in [0.2, 0.25) is 5.91 Å². The zero-order chi connectivity index (χ0) is 14.4. The predicted molar refractivity (Wildman–Crippen MR) is 88.0 cm³/mol. The van der Waals surface area contributed by atoms with E-state index >= 15 is 0 Å². The summed E-state index contributed by atoms with van der Waals surface area (Å²) in [5.41, 5.74) is 6.56. The number of carbonyl (C=O) groups excluding carboxylic acids is 1. The first-order chi connectivity index (χ1) is 9.65. The summed E-state index contributed by atoms with van der Waals surface area (Å²) in [6, 6.07) is 2.09. The summed E-state index contributed by atoms with van der Waals surface area (Å²) in [4.78, 5) is 12.9. The zero-order valence-corrected chi connectivity index (χ0v) is 13.3. The SMILES string of the molecule is NC(=S)C1(C(=O)NCCc2ccsc2)CCCCCC1. The molecule has 1 aliphatic carbocycles. The Morgan fingerprint density at radius 2 is 2.05 bits per heavy atom. The third-order valence-corrected chi connectivity index (χ3v) is 5.27. The molecule has 0 atom stereocenters. The first-order valence-electron chi connectivity index (χ1n) is 7.24. The Kier molecular flexibility index (Phi) is 5.54. The summed E-state index contributed by atoms with van der Waals surface area (Å²) in [5, 5.41) is 7.21. The van der Waals surface area contributed by atoms with Crippen LogP contribution in [0.25, 0.3) is 0 Å². The summed E-state index contributed by atoms with van der Waals surface area (Å²) in [7, 11) is 0. The van der Waals surface area contributed by atoms with Gasteiger partial charge in [-0.25, -0.2) is 0 Å². The van der Waals surface area contributed by atoms with E-state index in [9.17, 15) is 4.79 Å². The average Bonchev–Trinajstić information content (AvgIpc) is 2.80. The summed E-state index contributed by atoms with van der Waals surface area (Å²) >= 11 is 6.89. The fourth-order valence-corrected chi connectivity index (χ4v) is 3.84. The fraction of sp³-hybridized carbons (Fsp3) is 0.600. The van der Waals surface area contributed by atoms with Crippen LogP contribution in [0.3, 0.4) is 0 Å². The molecule has 0 saturated heterocycles. The highest BCUT2D eigenvalue weighted by atomic mass is 32.1. The third-order valence-electron chi connectivity index (χ3n) is 4.14. The van der Waals surface area contributed by atoms with E-state index in [4.69, 9.17) is 18.0 Å². The third kappa shape index (κ3) is 3.58. The molecule has 1 saturated carbocycles. The number of thiophene rings is 1. The van der Waals surface area contributed by atoms with Gasteiger partial charge in [-0.15, -0.1) is 0 Å². The largest absolute Gasteiger partial charge is 0.392 e. The molecule has 2 rings (SSSR count). The van der Waals surface area contributed by atoms with Crippen molar-refractivity contribution in [2.75, 3.05) is 6.54 Å². The van der Waals surface area contributed by atoms with Gasteiger partial charge in [0.25, 0.3) is 0 Å². The van der Waals surface area contributed by atoms with Crippen LogP contribution in [0, 0.1) is 5.41 Å². The van der Waals surface area contributed by atoms with E-state index in [1.807, 2.05) is 0 Å². The Bertz CT molecular complexity index is 448. The van der Waals surface area contributed by atoms with Crippen LogP contribution in [-0.4, -0.2) is 17.4 Å². The highest BCUT2D eigenvalue weighted by molar-refractivity contribution is 7.80. The molecule has 1 aromatic rings. The molecule has 1 fully saturated rings. The van der Waals surface area contributed by atoms with Crippen LogP contribution in [0.1, 0.15) is 44.1 Å². The first-order valence-corrected chi connectivity index (χ1v) is 8.59. The van der Waals surface area contributed by atoms with Crippen LogP contribution in [0.15, 0.2) is 16.8 Å².